The molecule has 0 aliphatic carbocycles. The molecule has 1 aliphatic heterocycles. The van der Waals surface area contributed by atoms with Gasteiger partial charge in [-0.25, -0.2) is 0 Å². The minimum atomic E-state index is -0.0547. The summed E-state index contributed by atoms with van der Waals surface area (Å²) in [5.74, 6) is 1.30. The number of rotatable bonds is 8. The van der Waals surface area contributed by atoms with Gasteiger partial charge in [-0.05, 0) is 67.6 Å². The number of aryl methyl sites for hydroxylation is 3. The first-order valence-corrected chi connectivity index (χ1v) is 11.4. The normalized spacial score (nSPS) is 14.1. The van der Waals surface area contributed by atoms with Crippen molar-refractivity contribution in [3.63, 3.8) is 0 Å². The Hall–Kier alpha value is -3.02. The van der Waals surface area contributed by atoms with Gasteiger partial charge < -0.3 is 19.3 Å². The van der Waals surface area contributed by atoms with Gasteiger partial charge in [0, 0.05) is 26.2 Å². The fraction of sp³-hybridized carbons (Fsp3) is 0.462. The van der Waals surface area contributed by atoms with Gasteiger partial charge in [0.1, 0.15) is 11.5 Å². The number of amides is 2. The molecule has 0 aromatic heterocycles. The summed E-state index contributed by atoms with van der Waals surface area (Å²) in [4.78, 5) is 28.8. The lowest BCUT2D eigenvalue weighted by molar-refractivity contribution is -0.135. The fourth-order valence-corrected chi connectivity index (χ4v) is 3.73. The van der Waals surface area contributed by atoms with Crippen LogP contribution in [-0.4, -0.2) is 61.0 Å². The fourth-order valence-electron chi connectivity index (χ4n) is 3.73. The zero-order valence-electron chi connectivity index (χ0n) is 19.4. The summed E-state index contributed by atoms with van der Waals surface area (Å²) in [6.45, 7) is 8.50. The summed E-state index contributed by atoms with van der Waals surface area (Å²) >= 11 is 0. The summed E-state index contributed by atoms with van der Waals surface area (Å²) in [6.07, 6.45) is 2.88. The molecule has 0 atom stereocenters. The average molecular weight is 439 g/mol. The lowest BCUT2D eigenvalue weighted by atomic mass is 10.1. The lowest BCUT2D eigenvalue weighted by Gasteiger charge is -2.22. The van der Waals surface area contributed by atoms with Crippen molar-refractivity contribution in [1.82, 2.24) is 9.80 Å². The van der Waals surface area contributed by atoms with Crippen molar-refractivity contribution in [2.45, 2.75) is 40.0 Å². The van der Waals surface area contributed by atoms with Crippen LogP contribution >= 0.6 is 0 Å². The number of benzene rings is 2. The largest absolute Gasteiger partial charge is 0.484 e. The average Bonchev–Trinajstić information content (AvgIpc) is 3.06. The van der Waals surface area contributed by atoms with Crippen LogP contribution in [0.1, 0.15) is 36.5 Å². The van der Waals surface area contributed by atoms with Crippen LogP contribution in [0.5, 0.6) is 11.5 Å². The third kappa shape index (κ3) is 6.74. The van der Waals surface area contributed by atoms with Crippen molar-refractivity contribution in [2.75, 3.05) is 39.4 Å². The van der Waals surface area contributed by atoms with Crippen molar-refractivity contribution >= 4 is 11.8 Å². The van der Waals surface area contributed by atoms with Crippen LogP contribution < -0.4 is 9.47 Å². The van der Waals surface area contributed by atoms with E-state index in [1.165, 1.54) is 11.1 Å². The maximum Gasteiger partial charge on any atom is 0.260 e. The van der Waals surface area contributed by atoms with Crippen LogP contribution in [0.3, 0.4) is 0 Å². The molecule has 1 aliphatic rings. The standard InChI is InChI=1S/C26H34N2O4/c1-4-6-22-8-11-23(12-9-22)31-18-25(29)27-13-5-14-28(16-15-27)26(30)19-32-24-10-7-20(2)21(3)17-24/h7-12,17H,4-6,13-16,18-19H2,1-3H3. The van der Waals surface area contributed by atoms with Crippen LogP contribution in [0, 0.1) is 13.8 Å². The number of hydrogen-bond donors (Lipinski definition) is 0. The molecule has 0 saturated carbocycles. The molecule has 1 heterocycles. The highest BCUT2D eigenvalue weighted by atomic mass is 16.5. The number of hydrogen-bond acceptors (Lipinski definition) is 4. The van der Waals surface area contributed by atoms with Crippen LogP contribution in [0.15, 0.2) is 42.5 Å². The van der Waals surface area contributed by atoms with E-state index in [9.17, 15) is 9.59 Å². The van der Waals surface area contributed by atoms with Crippen molar-refractivity contribution < 1.29 is 19.1 Å². The summed E-state index contributed by atoms with van der Waals surface area (Å²) in [6, 6.07) is 13.7. The second-order valence-electron chi connectivity index (χ2n) is 8.33. The predicted molar refractivity (Wildman–Crippen MR) is 125 cm³/mol. The molecule has 6 heteroatoms. The molecule has 3 rings (SSSR count). The monoisotopic (exact) mass is 438 g/mol. The van der Waals surface area contributed by atoms with E-state index < -0.39 is 0 Å². The molecule has 32 heavy (non-hydrogen) atoms. The molecule has 2 aromatic rings. The molecule has 0 radical (unpaired) electrons. The first-order chi connectivity index (χ1) is 15.5. The van der Waals surface area contributed by atoms with Gasteiger partial charge in [-0.3, -0.25) is 9.59 Å². The first-order valence-electron chi connectivity index (χ1n) is 11.4. The van der Waals surface area contributed by atoms with Gasteiger partial charge in [0.15, 0.2) is 13.2 Å². The van der Waals surface area contributed by atoms with Crippen LogP contribution in [0.4, 0.5) is 0 Å². The van der Waals surface area contributed by atoms with Crippen LogP contribution in [-0.2, 0) is 16.0 Å². The Morgan fingerprint density at radius 3 is 1.91 bits per heavy atom. The highest BCUT2D eigenvalue weighted by molar-refractivity contribution is 5.79. The Balaban J connectivity index is 1.43. The van der Waals surface area contributed by atoms with E-state index >= 15 is 0 Å². The number of ether oxygens (including phenoxy) is 2. The number of carbonyl (C=O) groups is 2. The van der Waals surface area contributed by atoms with E-state index in [0.717, 1.165) is 24.8 Å². The van der Waals surface area contributed by atoms with Crippen LogP contribution in [0.2, 0.25) is 0 Å². The highest BCUT2D eigenvalue weighted by Crippen LogP contribution is 2.17. The Kier molecular flexibility index (Phi) is 8.54. The molecule has 172 valence electrons. The molecule has 0 unspecified atom stereocenters. The van der Waals surface area contributed by atoms with Gasteiger partial charge in [-0.2, -0.15) is 0 Å². The SMILES string of the molecule is CCCc1ccc(OCC(=O)N2CCCN(C(=O)COc3ccc(C)c(C)c3)CC2)cc1. The summed E-state index contributed by atoms with van der Waals surface area (Å²) < 4.78 is 11.4. The molecule has 0 spiro atoms. The van der Waals surface area contributed by atoms with Gasteiger partial charge in [0.25, 0.3) is 11.8 Å². The Labute approximate surface area is 191 Å². The third-order valence-electron chi connectivity index (χ3n) is 5.87. The summed E-state index contributed by atoms with van der Waals surface area (Å²) in [7, 11) is 0. The number of nitrogens with zero attached hydrogens (tertiary/aromatic N) is 2. The second kappa shape index (κ2) is 11.6. The summed E-state index contributed by atoms with van der Waals surface area (Å²) in [5.41, 5.74) is 3.60. The van der Waals surface area contributed by atoms with Gasteiger partial charge >= 0.3 is 0 Å². The van der Waals surface area contributed by atoms with E-state index in [-0.39, 0.29) is 25.0 Å². The smallest absolute Gasteiger partial charge is 0.260 e. The minimum absolute atomic E-state index is 0.00752. The van der Waals surface area contributed by atoms with E-state index in [1.54, 1.807) is 9.80 Å². The van der Waals surface area contributed by atoms with Crippen LogP contribution in [0.25, 0.3) is 0 Å². The zero-order chi connectivity index (χ0) is 22.9. The van der Waals surface area contributed by atoms with Crippen molar-refractivity contribution in [3.05, 3.63) is 59.2 Å². The Morgan fingerprint density at radius 1 is 0.781 bits per heavy atom. The molecule has 2 aromatic carbocycles. The molecule has 1 fully saturated rings. The molecule has 0 N–H and O–H groups in total. The molecule has 2 amide bonds. The molecular weight excluding hydrogens is 404 g/mol. The van der Waals surface area contributed by atoms with E-state index in [2.05, 4.69) is 6.92 Å². The predicted octanol–water partition coefficient (Wildman–Crippen LogP) is 3.77. The second-order valence-corrected chi connectivity index (χ2v) is 8.33. The molecular formula is C26H34N2O4. The van der Waals surface area contributed by atoms with Gasteiger partial charge in [0.2, 0.25) is 0 Å². The van der Waals surface area contributed by atoms with Gasteiger partial charge in [-0.15, -0.1) is 0 Å². The maximum atomic E-state index is 12.6. The number of carbonyl (C=O) groups excluding carboxylic acids is 2. The molecule has 0 bridgehead atoms. The summed E-state index contributed by atoms with van der Waals surface area (Å²) in [5, 5.41) is 0. The molecule has 6 nitrogen and oxygen atoms in total. The van der Waals surface area contributed by atoms with Crippen molar-refractivity contribution in [2.24, 2.45) is 0 Å². The van der Waals surface area contributed by atoms with E-state index in [1.807, 2.05) is 56.3 Å². The third-order valence-corrected chi connectivity index (χ3v) is 5.87. The molecule has 1 saturated heterocycles. The first kappa shape index (κ1) is 23.6. The topological polar surface area (TPSA) is 59.1 Å². The van der Waals surface area contributed by atoms with Crippen molar-refractivity contribution in [1.29, 1.82) is 0 Å². The van der Waals surface area contributed by atoms with Gasteiger partial charge in [-0.1, -0.05) is 31.5 Å². The van der Waals surface area contributed by atoms with E-state index in [4.69, 9.17) is 9.47 Å². The van der Waals surface area contributed by atoms with Crippen molar-refractivity contribution in [3.8, 4) is 11.5 Å². The lowest BCUT2D eigenvalue weighted by Crippen LogP contribution is -2.40. The Bertz CT molecular complexity index is 911. The quantitative estimate of drug-likeness (QED) is 0.630. The Morgan fingerprint density at radius 2 is 1.34 bits per heavy atom. The highest BCUT2D eigenvalue weighted by Gasteiger charge is 2.22. The van der Waals surface area contributed by atoms with Gasteiger partial charge in [0.05, 0.1) is 0 Å². The maximum absolute atomic E-state index is 12.6. The minimum Gasteiger partial charge on any atom is -0.484 e. The van der Waals surface area contributed by atoms with E-state index in [0.29, 0.717) is 37.7 Å². The zero-order valence-corrected chi connectivity index (χ0v) is 19.4.